The molecule has 5 heteroatoms. The van der Waals surface area contributed by atoms with E-state index in [4.69, 9.17) is 4.74 Å². The molecule has 0 bridgehead atoms. The molecule has 0 atom stereocenters. The zero-order valence-corrected chi connectivity index (χ0v) is 11.3. The van der Waals surface area contributed by atoms with Gasteiger partial charge in [0.15, 0.2) is 0 Å². The lowest BCUT2D eigenvalue weighted by Gasteiger charge is -2.10. The van der Waals surface area contributed by atoms with Crippen molar-refractivity contribution in [3.05, 3.63) is 66.4 Å². The van der Waals surface area contributed by atoms with E-state index in [0.717, 1.165) is 22.2 Å². The van der Waals surface area contributed by atoms with Crippen LogP contribution in [0.15, 0.2) is 60.8 Å². The molecule has 0 spiro atoms. The topological polar surface area (TPSA) is 62.6 Å². The number of benzene rings is 2. The highest BCUT2D eigenvalue weighted by Crippen LogP contribution is 2.24. The predicted molar refractivity (Wildman–Crippen MR) is 82.3 cm³/mol. The molecule has 1 heterocycles. The summed E-state index contributed by atoms with van der Waals surface area (Å²) in [4.78, 5) is 4.29. The van der Waals surface area contributed by atoms with Crippen LogP contribution in [0.1, 0.15) is 5.56 Å². The quantitative estimate of drug-likeness (QED) is 0.710. The SMILES string of the molecule is OB(O)c1cccc(COc2cccc3ncccc23)c1. The molecule has 104 valence electrons. The Labute approximate surface area is 122 Å². The molecule has 0 aliphatic carbocycles. The summed E-state index contributed by atoms with van der Waals surface area (Å²) in [5.74, 6) is 0.760. The highest BCUT2D eigenvalue weighted by molar-refractivity contribution is 6.58. The molecule has 2 N–H and O–H groups in total. The second-order valence-electron chi connectivity index (χ2n) is 4.73. The zero-order chi connectivity index (χ0) is 14.7. The fourth-order valence-corrected chi connectivity index (χ4v) is 2.21. The Bertz CT molecular complexity index is 756. The molecule has 0 radical (unpaired) electrons. The lowest BCUT2D eigenvalue weighted by Crippen LogP contribution is -2.29. The van der Waals surface area contributed by atoms with Gasteiger partial charge in [0, 0.05) is 11.6 Å². The van der Waals surface area contributed by atoms with Crippen LogP contribution < -0.4 is 10.2 Å². The highest BCUT2D eigenvalue weighted by atomic mass is 16.5. The Morgan fingerprint density at radius 3 is 2.71 bits per heavy atom. The van der Waals surface area contributed by atoms with Crippen LogP contribution in [0.2, 0.25) is 0 Å². The number of rotatable bonds is 4. The summed E-state index contributed by atoms with van der Waals surface area (Å²) in [6.45, 7) is 0.356. The summed E-state index contributed by atoms with van der Waals surface area (Å²) in [7, 11) is -1.47. The molecule has 4 nitrogen and oxygen atoms in total. The first-order valence-electron chi connectivity index (χ1n) is 6.65. The van der Waals surface area contributed by atoms with Crippen LogP contribution in [-0.2, 0) is 6.61 Å². The van der Waals surface area contributed by atoms with E-state index in [-0.39, 0.29) is 0 Å². The lowest BCUT2D eigenvalue weighted by molar-refractivity contribution is 0.310. The fourth-order valence-electron chi connectivity index (χ4n) is 2.21. The minimum Gasteiger partial charge on any atom is -0.488 e. The number of nitrogens with zero attached hydrogens (tertiary/aromatic N) is 1. The van der Waals surface area contributed by atoms with Crippen molar-refractivity contribution >= 4 is 23.5 Å². The van der Waals surface area contributed by atoms with Crippen LogP contribution in [0, 0.1) is 0 Å². The summed E-state index contributed by atoms with van der Waals surface area (Å²) in [6.07, 6.45) is 1.75. The van der Waals surface area contributed by atoms with Crippen molar-refractivity contribution in [1.29, 1.82) is 0 Å². The van der Waals surface area contributed by atoms with Crippen molar-refractivity contribution in [2.24, 2.45) is 0 Å². The maximum absolute atomic E-state index is 9.18. The first kappa shape index (κ1) is 13.6. The smallest absolute Gasteiger partial charge is 0.488 e. The number of hydrogen-bond acceptors (Lipinski definition) is 4. The van der Waals surface area contributed by atoms with Gasteiger partial charge in [0.25, 0.3) is 0 Å². The van der Waals surface area contributed by atoms with Crippen molar-refractivity contribution in [1.82, 2.24) is 4.98 Å². The molecule has 0 amide bonds. The van der Waals surface area contributed by atoms with E-state index >= 15 is 0 Å². The Kier molecular flexibility index (Phi) is 3.86. The van der Waals surface area contributed by atoms with Gasteiger partial charge in [-0.3, -0.25) is 4.98 Å². The van der Waals surface area contributed by atoms with Gasteiger partial charge in [-0.1, -0.05) is 30.3 Å². The summed E-state index contributed by atoms with van der Waals surface area (Å²) < 4.78 is 5.84. The summed E-state index contributed by atoms with van der Waals surface area (Å²) in [5.41, 5.74) is 2.21. The molecule has 3 aromatic rings. The maximum atomic E-state index is 9.18. The van der Waals surface area contributed by atoms with Crippen molar-refractivity contribution in [3.8, 4) is 5.75 Å². The molecule has 0 aliphatic rings. The largest absolute Gasteiger partial charge is 0.488 e. The van der Waals surface area contributed by atoms with E-state index in [1.54, 1.807) is 24.4 Å². The Balaban J connectivity index is 1.82. The van der Waals surface area contributed by atoms with Crippen LogP contribution in [-0.4, -0.2) is 22.2 Å². The second-order valence-corrected chi connectivity index (χ2v) is 4.73. The highest BCUT2D eigenvalue weighted by Gasteiger charge is 2.11. The molecule has 21 heavy (non-hydrogen) atoms. The van der Waals surface area contributed by atoms with E-state index in [1.165, 1.54) is 0 Å². The van der Waals surface area contributed by atoms with E-state index in [1.807, 2.05) is 36.4 Å². The first-order valence-corrected chi connectivity index (χ1v) is 6.65. The number of hydrogen-bond donors (Lipinski definition) is 2. The predicted octanol–water partition coefficient (Wildman–Crippen LogP) is 1.49. The maximum Gasteiger partial charge on any atom is 0.488 e. The molecular formula is C16H14BNO3. The molecule has 3 rings (SSSR count). The number of aromatic nitrogens is 1. The molecule has 0 aliphatic heterocycles. The third-order valence-electron chi connectivity index (χ3n) is 3.25. The minimum atomic E-state index is -1.47. The van der Waals surface area contributed by atoms with Crippen molar-refractivity contribution in [3.63, 3.8) is 0 Å². The molecule has 0 saturated heterocycles. The van der Waals surface area contributed by atoms with Gasteiger partial charge in [-0.05, 0) is 35.3 Å². The van der Waals surface area contributed by atoms with E-state index in [0.29, 0.717) is 12.1 Å². The molecule has 2 aromatic carbocycles. The fraction of sp³-hybridized carbons (Fsp3) is 0.0625. The lowest BCUT2D eigenvalue weighted by atomic mass is 9.80. The van der Waals surface area contributed by atoms with Crippen LogP contribution in [0.5, 0.6) is 5.75 Å². The Morgan fingerprint density at radius 2 is 1.86 bits per heavy atom. The number of ether oxygens (including phenoxy) is 1. The van der Waals surface area contributed by atoms with E-state index < -0.39 is 7.12 Å². The van der Waals surface area contributed by atoms with Gasteiger partial charge >= 0.3 is 7.12 Å². The van der Waals surface area contributed by atoms with E-state index in [9.17, 15) is 10.0 Å². The monoisotopic (exact) mass is 279 g/mol. The van der Waals surface area contributed by atoms with Crippen LogP contribution in [0.4, 0.5) is 0 Å². The third-order valence-corrected chi connectivity index (χ3v) is 3.25. The number of pyridine rings is 1. The van der Waals surface area contributed by atoms with Gasteiger partial charge in [0.05, 0.1) is 5.52 Å². The van der Waals surface area contributed by atoms with Crippen LogP contribution in [0.25, 0.3) is 10.9 Å². The average molecular weight is 279 g/mol. The average Bonchev–Trinajstić information content (AvgIpc) is 2.53. The van der Waals surface area contributed by atoms with Gasteiger partial charge < -0.3 is 14.8 Å². The van der Waals surface area contributed by atoms with Gasteiger partial charge in [-0.15, -0.1) is 0 Å². The summed E-state index contributed by atoms with van der Waals surface area (Å²) in [5, 5.41) is 19.3. The molecule has 0 unspecified atom stereocenters. The molecule has 0 fully saturated rings. The Morgan fingerprint density at radius 1 is 1.00 bits per heavy atom. The van der Waals surface area contributed by atoms with Crippen molar-refractivity contribution < 1.29 is 14.8 Å². The second kappa shape index (κ2) is 5.95. The van der Waals surface area contributed by atoms with Gasteiger partial charge in [-0.2, -0.15) is 0 Å². The third kappa shape index (κ3) is 3.04. The van der Waals surface area contributed by atoms with Gasteiger partial charge in [0.2, 0.25) is 0 Å². The first-order chi connectivity index (χ1) is 10.2. The molecule has 1 aromatic heterocycles. The standard InChI is InChI=1S/C16H14BNO3/c19-17(20)13-5-1-4-12(10-13)11-21-16-8-2-7-15-14(16)6-3-9-18-15/h1-10,19-20H,11H2. The minimum absolute atomic E-state index is 0.356. The van der Waals surface area contributed by atoms with E-state index in [2.05, 4.69) is 4.98 Å². The number of fused-ring (bicyclic) bond motifs is 1. The van der Waals surface area contributed by atoms with Crippen LogP contribution >= 0.6 is 0 Å². The zero-order valence-electron chi connectivity index (χ0n) is 11.3. The van der Waals surface area contributed by atoms with Crippen LogP contribution in [0.3, 0.4) is 0 Å². The van der Waals surface area contributed by atoms with Gasteiger partial charge in [-0.25, -0.2) is 0 Å². The van der Waals surface area contributed by atoms with Crippen molar-refractivity contribution in [2.45, 2.75) is 6.61 Å². The molecular weight excluding hydrogens is 265 g/mol. The summed E-state index contributed by atoms with van der Waals surface area (Å²) in [6, 6.07) is 16.6. The normalized spacial score (nSPS) is 10.6. The summed E-state index contributed by atoms with van der Waals surface area (Å²) >= 11 is 0. The van der Waals surface area contributed by atoms with Gasteiger partial charge in [0.1, 0.15) is 12.4 Å². The van der Waals surface area contributed by atoms with Crippen molar-refractivity contribution in [2.75, 3.05) is 0 Å². The molecule has 0 saturated carbocycles. The Hall–Kier alpha value is -2.37.